The molecule has 2 rings (SSSR count). The van der Waals surface area contributed by atoms with Gasteiger partial charge >= 0.3 is 0 Å². The number of hydrogen-bond donors (Lipinski definition) is 1. The lowest BCUT2D eigenvalue weighted by atomic mass is 9.80. The molecule has 0 aromatic heterocycles. The van der Waals surface area contributed by atoms with Gasteiger partial charge in [0.05, 0.1) is 0 Å². The molecule has 19 heavy (non-hydrogen) atoms. The van der Waals surface area contributed by atoms with Crippen molar-refractivity contribution < 1.29 is 4.74 Å². The normalized spacial score (nSPS) is 31.6. The van der Waals surface area contributed by atoms with E-state index in [9.17, 15) is 0 Å². The Kier molecular flexibility index (Phi) is 4.59. The molecule has 1 unspecified atom stereocenters. The van der Waals surface area contributed by atoms with Crippen LogP contribution in [0.3, 0.4) is 0 Å². The van der Waals surface area contributed by atoms with Crippen LogP contribution in [0.2, 0.25) is 0 Å². The molecule has 0 spiro atoms. The fourth-order valence-electron chi connectivity index (χ4n) is 3.53. The van der Waals surface area contributed by atoms with Gasteiger partial charge in [0.15, 0.2) is 0 Å². The van der Waals surface area contributed by atoms with Gasteiger partial charge in [0.25, 0.3) is 0 Å². The lowest BCUT2D eigenvalue weighted by Gasteiger charge is -2.50. The van der Waals surface area contributed by atoms with Crippen molar-refractivity contribution in [3.05, 3.63) is 0 Å². The molecule has 2 heterocycles. The zero-order valence-corrected chi connectivity index (χ0v) is 13.5. The molecule has 0 radical (unpaired) electrons. The van der Waals surface area contributed by atoms with Crippen molar-refractivity contribution in [3.63, 3.8) is 0 Å². The van der Waals surface area contributed by atoms with E-state index in [0.29, 0.717) is 17.4 Å². The number of rotatable bonds is 3. The molecule has 3 heteroatoms. The van der Waals surface area contributed by atoms with Crippen molar-refractivity contribution >= 4 is 0 Å². The quantitative estimate of drug-likeness (QED) is 0.851. The summed E-state index contributed by atoms with van der Waals surface area (Å²) in [7, 11) is 0. The van der Waals surface area contributed by atoms with Crippen LogP contribution in [0.1, 0.15) is 47.5 Å². The molecule has 2 aliphatic rings. The van der Waals surface area contributed by atoms with Crippen molar-refractivity contribution in [3.8, 4) is 0 Å². The summed E-state index contributed by atoms with van der Waals surface area (Å²) < 4.78 is 5.54. The Hall–Kier alpha value is -0.120. The van der Waals surface area contributed by atoms with Crippen LogP contribution < -0.4 is 5.32 Å². The highest BCUT2D eigenvalue weighted by atomic mass is 16.5. The number of ether oxygens (including phenoxy) is 1. The van der Waals surface area contributed by atoms with E-state index in [-0.39, 0.29) is 5.54 Å². The summed E-state index contributed by atoms with van der Waals surface area (Å²) in [6.07, 6.45) is 2.42. The first kappa shape index (κ1) is 15.3. The fourth-order valence-corrected chi connectivity index (χ4v) is 3.53. The number of piperazine rings is 1. The van der Waals surface area contributed by atoms with E-state index in [1.165, 1.54) is 19.4 Å². The summed E-state index contributed by atoms with van der Waals surface area (Å²) in [4.78, 5) is 2.74. The molecule has 1 N–H and O–H groups in total. The monoisotopic (exact) mass is 268 g/mol. The molecule has 0 aromatic carbocycles. The molecule has 3 nitrogen and oxygen atoms in total. The largest absolute Gasteiger partial charge is 0.381 e. The van der Waals surface area contributed by atoms with E-state index in [1.807, 2.05) is 0 Å². The van der Waals surface area contributed by atoms with Gasteiger partial charge in [0.1, 0.15) is 0 Å². The van der Waals surface area contributed by atoms with Crippen LogP contribution in [0.15, 0.2) is 0 Å². The van der Waals surface area contributed by atoms with Crippen molar-refractivity contribution in [2.24, 2.45) is 11.3 Å². The SMILES string of the molecule is CC(C)C1CNC(C)(C)CN1CC1(C)CCOCC1. The average molecular weight is 268 g/mol. The maximum atomic E-state index is 5.54. The second-order valence-corrected chi connectivity index (χ2v) is 7.90. The van der Waals surface area contributed by atoms with E-state index in [2.05, 4.69) is 44.8 Å². The predicted octanol–water partition coefficient (Wildman–Crippen LogP) is 2.51. The van der Waals surface area contributed by atoms with Crippen molar-refractivity contribution in [2.75, 3.05) is 32.8 Å². The highest BCUT2D eigenvalue weighted by molar-refractivity contribution is 4.95. The van der Waals surface area contributed by atoms with Gasteiger partial charge in [-0.3, -0.25) is 4.90 Å². The Bertz CT molecular complexity index is 295. The van der Waals surface area contributed by atoms with Crippen LogP contribution in [0.5, 0.6) is 0 Å². The van der Waals surface area contributed by atoms with E-state index < -0.39 is 0 Å². The molecular formula is C16H32N2O. The summed E-state index contributed by atoms with van der Waals surface area (Å²) >= 11 is 0. The Balaban J connectivity index is 2.04. The van der Waals surface area contributed by atoms with E-state index in [1.54, 1.807) is 0 Å². The molecule has 2 saturated heterocycles. The maximum Gasteiger partial charge on any atom is 0.0471 e. The molecule has 1 atom stereocenters. The maximum absolute atomic E-state index is 5.54. The zero-order valence-electron chi connectivity index (χ0n) is 13.5. The van der Waals surface area contributed by atoms with Crippen LogP contribution in [0, 0.1) is 11.3 Å². The Labute approximate surface area is 119 Å². The van der Waals surface area contributed by atoms with Gasteiger partial charge in [-0.1, -0.05) is 20.8 Å². The Morgan fingerprint density at radius 3 is 2.42 bits per heavy atom. The van der Waals surface area contributed by atoms with Crippen LogP contribution in [0.4, 0.5) is 0 Å². The molecule has 0 amide bonds. The standard InChI is InChI=1S/C16H32N2O/c1-13(2)14-10-17-15(3,4)11-18(14)12-16(5)6-8-19-9-7-16/h13-14,17H,6-12H2,1-5H3. The van der Waals surface area contributed by atoms with Crippen LogP contribution in [-0.4, -0.2) is 49.3 Å². The lowest BCUT2D eigenvalue weighted by Crippen LogP contribution is -2.64. The van der Waals surface area contributed by atoms with E-state index >= 15 is 0 Å². The third-order valence-corrected chi connectivity index (χ3v) is 4.91. The van der Waals surface area contributed by atoms with Crippen LogP contribution in [-0.2, 0) is 4.74 Å². The van der Waals surface area contributed by atoms with Gasteiger partial charge in [-0.2, -0.15) is 0 Å². The third-order valence-electron chi connectivity index (χ3n) is 4.91. The minimum absolute atomic E-state index is 0.243. The first-order valence-corrected chi connectivity index (χ1v) is 7.88. The second-order valence-electron chi connectivity index (χ2n) is 7.90. The van der Waals surface area contributed by atoms with Gasteiger partial charge in [0, 0.05) is 44.4 Å². The van der Waals surface area contributed by atoms with Crippen molar-refractivity contribution in [2.45, 2.75) is 59.0 Å². The molecule has 0 bridgehead atoms. The fraction of sp³-hybridized carbons (Fsp3) is 1.00. The molecule has 0 aromatic rings. The summed E-state index contributed by atoms with van der Waals surface area (Å²) in [5.41, 5.74) is 0.686. The summed E-state index contributed by atoms with van der Waals surface area (Å²) in [5.74, 6) is 0.715. The van der Waals surface area contributed by atoms with Crippen LogP contribution >= 0.6 is 0 Å². The zero-order chi connectivity index (χ0) is 14.1. The highest BCUT2D eigenvalue weighted by Gasteiger charge is 2.38. The first-order valence-electron chi connectivity index (χ1n) is 7.88. The van der Waals surface area contributed by atoms with Crippen LogP contribution in [0.25, 0.3) is 0 Å². The highest BCUT2D eigenvalue weighted by Crippen LogP contribution is 2.33. The third kappa shape index (κ3) is 3.93. The molecule has 2 fully saturated rings. The minimum Gasteiger partial charge on any atom is -0.381 e. The summed E-state index contributed by atoms with van der Waals surface area (Å²) in [6, 6.07) is 0.674. The number of nitrogens with one attached hydrogen (secondary N) is 1. The molecular weight excluding hydrogens is 236 g/mol. The topological polar surface area (TPSA) is 24.5 Å². The molecule has 112 valence electrons. The Morgan fingerprint density at radius 2 is 1.84 bits per heavy atom. The predicted molar refractivity (Wildman–Crippen MR) is 80.4 cm³/mol. The first-order chi connectivity index (χ1) is 8.81. The lowest BCUT2D eigenvalue weighted by molar-refractivity contribution is -0.0235. The molecule has 2 aliphatic heterocycles. The summed E-state index contributed by atoms with van der Waals surface area (Å²) in [6.45, 7) is 17.2. The number of hydrogen-bond acceptors (Lipinski definition) is 3. The minimum atomic E-state index is 0.243. The van der Waals surface area contributed by atoms with Gasteiger partial charge in [-0.05, 0) is 38.0 Å². The Morgan fingerprint density at radius 1 is 1.21 bits per heavy atom. The average Bonchev–Trinajstić information content (AvgIpc) is 2.27. The van der Waals surface area contributed by atoms with Gasteiger partial charge in [-0.15, -0.1) is 0 Å². The van der Waals surface area contributed by atoms with Gasteiger partial charge < -0.3 is 10.1 Å². The van der Waals surface area contributed by atoms with Gasteiger partial charge in [-0.25, -0.2) is 0 Å². The van der Waals surface area contributed by atoms with Crippen molar-refractivity contribution in [1.82, 2.24) is 10.2 Å². The van der Waals surface area contributed by atoms with E-state index in [0.717, 1.165) is 26.3 Å². The summed E-state index contributed by atoms with van der Waals surface area (Å²) in [5, 5.41) is 3.70. The molecule has 0 aliphatic carbocycles. The van der Waals surface area contributed by atoms with Crippen molar-refractivity contribution in [1.29, 1.82) is 0 Å². The molecule has 0 saturated carbocycles. The smallest absolute Gasteiger partial charge is 0.0471 e. The van der Waals surface area contributed by atoms with E-state index in [4.69, 9.17) is 4.74 Å². The second kappa shape index (κ2) is 5.71. The number of nitrogens with zero attached hydrogens (tertiary/aromatic N) is 1. The van der Waals surface area contributed by atoms with Gasteiger partial charge in [0.2, 0.25) is 0 Å².